The van der Waals surface area contributed by atoms with Crippen molar-refractivity contribution in [3.63, 3.8) is 0 Å². The maximum absolute atomic E-state index is 9.24. The molecule has 0 amide bonds. The van der Waals surface area contributed by atoms with Crippen LogP contribution in [0.15, 0.2) is 12.7 Å². The molecule has 0 spiro atoms. The minimum absolute atomic E-state index is 0.278. The first kappa shape index (κ1) is 17.6. The smallest absolute Gasteiger partial charge is 0.394 e. The Morgan fingerprint density at radius 2 is 1.80 bits per heavy atom. The number of carboxylic acids is 1. The molecule has 0 aliphatic carbocycles. The highest BCUT2D eigenvalue weighted by molar-refractivity contribution is 7.79. The molecule has 13 heteroatoms. The molecular weight excluding hydrogens is 296 g/mol. The molecule has 0 atom stereocenters. The molecule has 0 aliphatic rings. The van der Waals surface area contributed by atoms with Crippen LogP contribution in [0.2, 0.25) is 0 Å². The Morgan fingerprint density at radius 3 is 2.20 bits per heavy atom. The van der Waals surface area contributed by atoms with E-state index in [1.54, 1.807) is 0 Å². The van der Waals surface area contributed by atoms with Gasteiger partial charge in [-0.15, -0.1) is 0 Å². The van der Waals surface area contributed by atoms with E-state index < -0.39 is 16.4 Å². The lowest BCUT2D eigenvalue weighted by Crippen LogP contribution is -2.10. The maximum atomic E-state index is 9.24. The number of carbonyl (C=O) groups is 1. The normalized spacial score (nSPS) is 9.95. The molecule has 8 N–H and O–H groups in total. The van der Waals surface area contributed by atoms with Gasteiger partial charge in [-0.2, -0.15) is 8.42 Å². The number of hydrogen-bond donors (Lipinski definition) is 6. The zero-order valence-electron chi connectivity index (χ0n) is 9.83. The summed E-state index contributed by atoms with van der Waals surface area (Å²) in [7, 11) is -4.67. The molecule has 0 bridgehead atoms. The van der Waals surface area contributed by atoms with E-state index >= 15 is 0 Å². The van der Waals surface area contributed by atoms with Crippen molar-refractivity contribution in [1.82, 2.24) is 19.9 Å². The third kappa shape index (κ3) is 8.70. The minimum atomic E-state index is -4.67. The van der Waals surface area contributed by atoms with Gasteiger partial charge in [-0.3, -0.25) is 13.9 Å². The fraction of sp³-hybridized carbons (Fsp3) is 0.143. The molecule has 0 unspecified atom stereocenters. The van der Waals surface area contributed by atoms with Gasteiger partial charge in [0.15, 0.2) is 11.5 Å². The van der Waals surface area contributed by atoms with Gasteiger partial charge in [0.1, 0.15) is 11.8 Å². The largest absolute Gasteiger partial charge is 0.480 e. The number of anilines is 1. The topological polar surface area (TPSA) is 218 Å². The zero-order valence-corrected chi connectivity index (χ0v) is 10.6. The van der Waals surface area contributed by atoms with Crippen molar-refractivity contribution in [2.24, 2.45) is 5.73 Å². The van der Waals surface area contributed by atoms with E-state index in [2.05, 4.69) is 25.7 Å². The molecule has 20 heavy (non-hydrogen) atoms. The Bertz CT molecular complexity index is 647. The SMILES string of the molecule is NCC(=O)O.Nc1ncnc2[nH]cnc12.O=S(=O)(O)O. The van der Waals surface area contributed by atoms with Crippen LogP contribution in [0.5, 0.6) is 0 Å². The van der Waals surface area contributed by atoms with Crippen molar-refractivity contribution < 1.29 is 27.4 Å². The predicted octanol–water partition coefficient (Wildman–Crippen LogP) is -1.69. The van der Waals surface area contributed by atoms with Crippen LogP contribution in [0.4, 0.5) is 5.82 Å². The van der Waals surface area contributed by atoms with Crippen molar-refractivity contribution in [3.05, 3.63) is 12.7 Å². The van der Waals surface area contributed by atoms with Gasteiger partial charge in [0.05, 0.1) is 12.9 Å². The van der Waals surface area contributed by atoms with E-state index in [-0.39, 0.29) is 6.54 Å². The summed E-state index contributed by atoms with van der Waals surface area (Å²) in [6, 6.07) is 0. The predicted molar refractivity (Wildman–Crippen MR) is 67.0 cm³/mol. The molecule has 12 nitrogen and oxygen atoms in total. The first-order valence-corrected chi connectivity index (χ1v) is 6.06. The lowest BCUT2D eigenvalue weighted by Gasteiger charge is -1.88. The van der Waals surface area contributed by atoms with Crippen LogP contribution in [-0.2, 0) is 15.2 Å². The first-order chi connectivity index (χ1) is 9.15. The Labute approximate surface area is 112 Å². The molecule has 0 saturated heterocycles. The number of imidazole rings is 1. The first-order valence-electron chi connectivity index (χ1n) is 4.66. The van der Waals surface area contributed by atoms with E-state index in [4.69, 9.17) is 28.4 Å². The van der Waals surface area contributed by atoms with Crippen LogP contribution in [0.1, 0.15) is 0 Å². The molecule has 0 fully saturated rings. The second-order valence-corrected chi connectivity index (χ2v) is 3.80. The van der Waals surface area contributed by atoms with Gasteiger partial charge in [-0.1, -0.05) is 0 Å². The molecule has 2 rings (SSSR count). The van der Waals surface area contributed by atoms with Crippen LogP contribution in [0.25, 0.3) is 11.2 Å². The number of nitrogens with zero attached hydrogens (tertiary/aromatic N) is 3. The Morgan fingerprint density at radius 1 is 1.30 bits per heavy atom. The van der Waals surface area contributed by atoms with Crippen molar-refractivity contribution in [2.75, 3.05) is 12.3 Å². The van der Waals surface area contributed by atoms with Crippen LogP contribution >= 0.6 is 0 Å². The average Bonchev–Trinajstić information content (AvgIpc) is 2.77. The van der Waals surface area contributed by atoms with E-state index in [1.807, 2.05) is 0 Å². The van der Waals surface area contributed by atoms with Crippen molar-refractivity contribution >= 4 is 33.4 Å². The van der Waals surface area contributed by atoms with E-state index in [9.17, 15) is 4.79 Å². The van der Waals surface area contributed by atoms with E-state index in [1.165, 1.54) is 12.7 Å². The summed E-state index contributed by atoms with van der Waals surface area (Å²) in [6.45, 7) is -0.278. The third-order valence-electron chi connectivity index (χ3n) is 1.42. The number of nitrogen functional groups attached to an aromatic ring is 1. The number of aromatic amines is 1. The van der Waals surface area contributed by atoms with Gasteiger partial charge in [-0.25, -0.2) is 15.0 Å². The number of hydrogen-bond acceptors (Lipinski definition) is 8. The number of carboxylic acid groups (broad SMARTS) is 1. The highest BCUT2D eigenvalue weighted by atomic mass is 32.3. The quantitative estimate of drug-likeness (QED) is 0.326. The highest BCUT2D eigenvalue weighted by Crippen LogP contribution is 2.09. The number of fused-ring (bicyclic) bond motifs is 1. The zero-order chi connectivity index (χ0) is 15.8. The standard InChI is InChI=1S/C5H5N5.C2H5NO2.H2O4S/c6-4-3-5(9-1-7-3)10-2-8-4;3-1-2(4)5;1-5(2,3)4/h1-2H,(H3,6,7,8,9,10);1,3H2,(H,4,5);(H2,1,2,3,4). The van der Waals surface area contributed by atoms with Gasteiger partial charge in [-0.05, 0) is 0 Å². The van der Waals surface area contributed by atoms with Gasteiger partial charge < -0.3 is 21.6 Å². The monoisotopic (exact) mass is 308 g/mol. The molecule has 2 aromatic rings. The summed E-state index contributed by atoms with van der Waals surface area (Å²) in [5.41, 5.74) is 11.3. The minimum Gasteiger partial charge on any atom is -0.480 e. The van der Waals surface area contributed by atoms with Gasteiger partial charge in [0, 0.05) is 0 Å². The Kier molecular flexibility index (Phi) is 7.01. The molecule has 0 radical (unpaired) electrons. The molecule has 2 heterocycles. The summed E-state index contributed by atoms with van der Waals surface area (Å²) < 4.78 is 31.6. The number of H-pyrrole nitrogens is 1. The number of aliphatic carboxylic acids is 1. The van der Waals surface area contributed by atoms with Gasteiger partial charge >= 0.3 is 16.4 Å². The average molecular weight is 308 g/mol. The summed E-state index contributed by atoms with van der Waals surface area (Å²) in [4.78, 5) is 23.6. The van der Waals surface area contributed by atoms with Crippen LogP contribution in [0.3, 0.4) is 0 Å². The number of rotatable bonds is 1. The fourth-order valence-electron chi connectivity index (χ4n) is 0.783. The van der Waals surface area contributed by atoms with Crippen LogP contribution in [-0.4, -0.2) is 55.1 Å². The molecule has 0 aliphatic heterocycles. The highest BCUT2D eigenvalue weighted by Gasteiger charge is 1.99. The summed E-state index contributed by atoms with van der Waals surface area (Å²) in [5, 5.41) is 7.60. The second-order valence-electron chi connectivity index (χ2n) is 2.90. The number of nitrogens with two attached hydrogens (primary N) is 2. The van der Waals surface area contributed by atoms with Crippen LogP contribution in [0, 0.1) is 0 Å². The van der Waals surface area contributed by atoms with Crippen molar-refractivity contribution in [1.29, 1.82) is 0 Å². The molecule has 0 saturated carbocycles. The molecule has 112 valence electrons. The van der Waals surface area contributed by atoms with Gasteiger partial charge in [0.25, 0.3) is 0 Å². The molecule has 2 aromatic heterocycles. The lowest BCUT2D eigenvalue weighted by atomic mass is 10.5. The van der Waals surface area contributed by atoms with E-state index in [0.29, 0.717) is 17.0 Å². The molecule has 0 aromatic carbocycles. The Balaban J connectivity index is 0.000000310. The molecular formula is C7H12N6O6S. The van der Waals surface area contributed by atoms with Crippen molar-refractivity contribution in [2.45, 2.75) is 0 Å². The Hall–Kier alpha value is -2.35. The van der Waals surface area contributed by atoms with Crippen LogP contribution < -0.4 is 11.5 Å². The fourth-order valence-corrected chi connectivity index (χ4v) is 0.783. The lowest BCUT2D eigenvalue weighted by molar-refractivity contribution is -0.135. The van der Waals surface area contributed by atoms with E-state index in [0.717, 1.165) is 0 Å². The second kappa shape index (κ2) is 7.95. The maximum Gasteiger partial charge on any atom is 0.394 e. The van der Waals surface area contributed by atoms with Crippen molar-refractivity contribution in [3.8, 4) is 0 Å². The number of nitrogens with one attached hydrogen (secondary N) is 1. The summed E-state index contributed by atoms with van der Waals surface area (Å²) >= 11 is 0. The van der Waals surface area contributed by atoms with Gasteiger partial charge in [0.2, 0.25) is 0 Å². The number of aromatic nitrogens is 4. The third-order valence-corrected chi connectivity index (χ3v) is 1.42. The summed E-state index contributed by atoms with van der Waals surface area (Å²) in [5.74, 6) is -0.559. The summed E-state index contributed by atoms with van der Waals surface area (Å²) in [6.07, 6.45) is 2.94.